The van der Waals surface area contributed by atoms with E-state index in [1.54, 1.807) is 24.3 Å². The molecule has 4 nitrogen and oxygen atoms in total. The van der Waals surface area contributed by atoms with E-state index in [0.29, 0.717) is 17.4 Å². The zero-order valence-electron chi connectivity index (χ0n) is 10.7. The van der Waals surface area contributed by atoms with Crippen LogP contribution in [0.15, 0.2) is 53.4 Å². The Bertz CT molecular complexity index is 663. The molecule has 106 valence electrons. The van der Waals surface area contributed by atoms with E-state index in [4.69, 9.17) is 20.5 Å². The predicted octanol–water partition coefficient (Wildman–Crippen LogP) is 3.51. The van der Waals surface area contributed by atoms with Crippen molar-refractivity contribution in [3.63, 3.8) is 0 Å². The Morgan fingerprint density at radius 2 is 1.50 bits per heavy atom. The Labute approximate surface area is 123 Å². The van der Waals surface area contributed by atoms with E-state index in [1.807, 2.05) is 6.92 Å². The second-order valence-electron chi connectivity index (χ2n) is 3.90. The lowest BCUT2D eigenvalue weighted by Gasteiger charge is -2.08. The maximum atomic E-state index is 12.0. The topological polar surface area (TPSA) is 52.6 Å². The van der Waals surface area contributed by atoms with Gasteiger partial charge in [0.25, 0.3) is 0 Å². The molecule has 0 bridgehead atoms. The minimum absolute atomic E-state index is 0.0517. The van der Waals surface area contributed by atoms with E-state index >= 15 is 0 Å². The zero-order valence-corrected chi connectivity index (χ0v) is 12.3. The fourth-order valence-corrected chi connectivity index (χ4v) is 2.59. The van der Waals surface area contributed by atoms with Gasteiger partial charge in [-0.25, -0.2) is 0 Å². The third-order valence-corrected chi connectivity index (χ3v) is 3.96. The van der Waals surface area contributed by atoms with Gasteiger partial charge in [-0.05, 0) is 55.5 Å². The van der Waals surface area contributed by atoms with E-state index in [9.17, 15) is 8.42 Å². The summed E-state index contributed by atoms with van der Waals surface area (Å²) in [6, 6.07) is 12.2. The van der Waals surface area contributed by atoms with Crippen molar-refractivity contribution in [3.8, 4) is 11.5 Å². The van der Waals surface area contributed by atoms with Crippen molar-refractivity contribution in [1.29, 1.82) is 0 Å². The van der Waals surface area contributed by atoms with Crippen molar-refractivity contribution in [2.75, 3.05) is 6.61 Å². The number of benzene rings is 2. The first-order valence-corrected chi connectivity index (χ1v) is 7.73. The zero-order chi connectivity index (χ0) is 14.6. The van der Waals surface area contributed by atoms with Gasteiger partial charge in [0.15, 0.2) is 0 Å². The normalized spacial score (nSPS) is 11.1. The molecule has 0 unspecified atom stereocenters. The molecule has 0 fully saturated rings. The van der Waals surface area contributed by atoms with Crippen LogP contribution in [0.1, 0.15) is 6.92 Å². The molecule has 0 saturated carbocycles. The van der Waals surface area contributed by atoms with Gasteiger partial charge in [-0.3, -0.25) is 0 Å². The highest BCUT2D eigenvalue weighted by Gasteiger charge is 2.16. The SMILES string of the molecule is CCOc1ccc(OS(=O)(=O)c2ccc(Cl)cc2)cc1. The first kappa shape index (κ1) is 14.7. The van der Waals surface area contributed by atoms with Crippen molar-refractivity contribution in [1.82, 2.24) is 0 Å². The van der Waals surface area contributed by atoms with Crippen molar-refractivity contribution in [3.05, 3.63) is 53.6 Å². The smallest absolute Gasteiger partial charge is 0.339 e. The Kier molecular flexibility index (Phi) is 4.52. The molecule has 0 aromatic heterocycles. The van der Waals surface area contributed by atoms with Crippen LogP contribution in [0.3, 0.4) is 0 Å². The summed E-state index contributed by atoms with van der Waals surface area (Å²) in [7, 11) is -3.85. The summed E-state index contributed by atoms with van der Waals surface area (Å²) in [5.74, 6) is 0.882. The number of hydrogen-bond acceptors (Lipinski definition) is 4. The summed E-state index contributed by atoms with van der Waals surface area (Å²) < 4.78 is 34.4. The summed E-state index contributed by atoms with van der Waals surface area (Å²) in [4.78, 5) is 0.0517. The van der Waals surface area contributed by atoms with Gasteiger partial charge in [-0.1, -0.05) is 11.6 Å². The quantitative estimate of drug-likeness (QED) is 0.793. The van der Waals surface area contributed by atoms with Crippen LogP contribution in [0.5, 0.6) is 11.5 Å². The van der Waals surface area contributed by atoms with E-state index in [1.165, 1.54) is 24.3 Å². The van der Waals surface area contributed by atoms with Gasteiger partial charge >= 0.3 is 10.1 Å². The average molecular weight is 313 g/mol. The number of hydrogen-bond donors (Lipinski definition) is 0. The molecule has 0 N–H and O–H groups in total. The van der Waals surface area contributed by atoms with Crippen molar-refractivity contribution in [2.45, 2.75) is 11.8 Å². The molecule has 0 atom stereocenters. The maximum Gasteiger partial charge on any atom is 0.339 e. The largest absolute Gasteiger partial charge is 0.494 e. The van der Waals surface area contributed by atoms with Crippen LogP contribution in [0, 0.1) is 0 Å². The Balaban J connectivity index is 2.17. The molecule has 20 heavy (non-hydrogen) atoms. The molecular formula is C14H13ClO4S. The number of halogens is 1. The molecule has 0 amide bonds. The molecule has 0 heterocycles. The first-order chi connectivity index (χ1) is 9.51. The lowest BCUT2D eigenvalue weighted by Crippen LogP contribution is -2.09. The second-order valence-corrected chi connectivity index (χ2v) is 5.88. The molecule has 0 aliphatic carbocycles. The van der Waals surface area contributed by atoms with Gasteiger partial charge in [0, 0.05) is 5.02 Å². The molecule has 0 aliphatic rings. The fraction of sp³-hybridized carbons (Fsp3) is 0.143. The molecular weight excluding hydrogens is 300 g/mol. The van der Waals surface area contributed by atoms with Crippen molar-refractivity contribution < 1.29 is 17.3 Å². The Morgan fingerprint density at radius 1 is 0.950 bits per heavy atom. The van der Waals surface area contributed by atoms with Crippen LogP contribution < -0.4 is 8.92 Å². The fourth-order valence-electron chi connectivity index (χ4n) is 1.53. The third-order valence-electron chi connectivity index (χ3n) is 2.44. The van der Waals surface area contributed by atoms with Gasteiger partial charge in [-0.2, -0.15) is 8.42 Å². The monoisotopic (exact) mass is 312 g/mol. The third kappa shape index (κ3) is 3.65. The molecule has 0 aliphatic heterocycles. The first-order valence-electron chi connectivity index (χ1n) is 5.94. The molecule has 0 radical (unpaired) electrons. The molecule has 0 spiro atoms. The molecule has 2 aromatic rings. The summed E-state index contributed by atoms with van der Waals surface area (Å²) in [6.07, 6.45) is 0. The van der Waals surface area contributed by atoms with E-state index in [2.05, 4.69) is 0 Å². The maximum absolute atomic E-state index is 12.0. The van der Waals surface area contributed by atoms with Gasteiger partial charge in [0.1, 0.15) is 16.4 Å². The van der Waals surface area contributed by atoms with Gasteiger partial charge in [0.05, 0.1) is 6.61 Å². The standard InChI is InChI=1S/C14H13ClO4S/c1-2-18-12-5-7-13(8-6-12)19-20(16,17)14-9-3-11(15)4-10-14/h3-10H,2H2,1H3. The van der Waals surface area contributed by atoms with E-state index in [-0.39, 0.29) is 10.6 Å². The van der Waals surface area contributed by atoms with E-state index < -0.39 is 10.1 Å². The summed E-state index contributed by atoms with van der Waals surface area (Å²) >= 11 is 5.72. The predicted molar refractivity (Wildman–Crippen MR) is 76.9 cm³/mol. The van der Waals surface area contributed by atoms with Crippen LogP contribution in [0.2, 0.25) is 5.02 Å². The van der Waals surface area contributed by atoms with Gasteiger partial charge in [-0.15, -0.1) is 0 Å². The average Bonchev–Trinajstić information content (AvgIpc) is 2.41. The highest BCUT2D eigenvalue weighted by molar-refractivity contribution is 7.87. The molecule has 2 rings (SSSR count). The minimum Gasteiger partial charge on any atom is -0.494 e. The molecule has 0 saturated heterocycles. The summed E-state index contributed by atoms with van der Waals surface area (Å²) in [5.41, 5.74) is 0. The van der Waals surface area contributed by atoms with E-state index in [0.717, 1.165) is 0 Å². The lowest BCUT2D eigenvalue weighted by atomic mass is 10.3. The minimum atomic E-state index is -3.85. The van der Waals surface area contributed by atoms with Crippen molar-refractivity contribution >= 4 is 21.7 Å². The Hall–Kier alpha value is -1.72. The number of ether oxygens (including phenoxy) is 1. The lowest BCUT2D eigenvalue weighted by molar-refractivity contribution is 0.340. The van der Waals surface area contributed by atoms with Crippen LogP contribution in [-0.4, -0.2) is 15.0 Å². The highest BCUT2D eigenvalue weighted by atomic mass is 35.5. The van der Waals surface area contributed by atoms with Gasteiger partial charge in [0.2, 0.25) is 0 Å². The van der Waals surface area contributed by atoms with Crippen molar-refractivity contribution in [2.24, 2.45) is 0 Å². The second kappa shape index (κ2) is 6.15. The number of rotatable bonds is 5. The Morgan fingerprint density at radius 3 is 2.05 bits per heavy atom. The summed E-state index contributed by atoms with van der Waals surface area (Å²) in [5, 5.41) is 0.463. The van der Waals surface area contributed by atoms with Crippen LogP contribution >= 0.6 is 11.6 Å². The van der Waals surface area contributed by atoms with Crippen LogP contribution in [0.4, 0.5) is 0 Å². The highest BCUT2D eigenvalue weighted by Crippen LogP contribution is 2.22. The van der Waals surface area contributed by atoms with Gasteiger partial charge < -0.3 is 8.92 Å². The molecule has 6 heteroatoms. The summed E-state index contributed by atoms with van der Waals surface area (Å²) in [6.45, 7) is 2.42. The van der Waals surface area contributed by atoms with Crippen LogP contribution in [0.25, 0.3) is 0 Å². The molecule has 2 aromatic carbocycles. The van der Waals surface area contributed by atoms with Crippen LogP contribution in [-0.2, 0) is 10.1 Å².